The third kappa shape index (κ3) is 6.77. The molecule has 3 aromatic rings. The molecule has 0 radical (unpaired) electrons. The highest BCUT2D eigenvalue weighted by Crippen LogP contribution is 2.30. The molecule has 3 aromatic carbocycles. The van der Waals surface area contributed by atoms with Crippen LogP contribution in [0.4, 0.5) is 38.1 Å². The topological polar surface area (TPSA) is 61.4 Å². The highest BCUT2D eigenvalue weighted by atomic mass is 19.4. The Kier molecular flexibility index (Phi) is 7.83. The number of anilines is 2. The van der Waals surface area contributed by atoms with Gasteiger partial charge >= 0.3 is 12.2 Å². The predicted molar refractivity (Wildman–Crippen MR) is 118 cm³/mol. The molecule has 0 spiro atoms. The fourth-order valence-electron chi connectivity index (χ4n) is 3.08. The number of halogens is 5. The zero-order valence-electron chi connectivity index (χ0n) is 17.7. The number of nitrogens with zero attached hydrogens (tertiary/aromatic N) is 1. The molecule has 10 heteroatoms. The van der Waals surface area contributed by atoms with E-state index in [0.717, 1.165) is 36.4 Å². The highest BCUT2D eigenvalue weighted by Gasteiger charge is 2.30. The van der Waals surface area contributed by atoms with Gasteiger partial charge in [-0.2, -0.15) is 13.2 Å². The monoisotopic (exact) mass is 477 g/mol. The van der Waals surface area contributed by atoms with Crippen molar-refractivity contribution in [1.82, 2.24) is 5.32 Å². The van der Waals surface area contributed by atoms with Crippen LogP contribution in [0.3, 0.4) is 0 Å². The first-order chi connectivity index (χ1) is 16.1. The number of benzene rings is 3. The summed E-state index contributed by atoms with van der Waals surface area (Å²) in [5.74, 6) is -1.42. The molecule has 5 nitrogen and oxygen atoms in total. The van der Waals surface area contributed by atoms with E-state index in [0.29, 0.717) is 5.69 Å². The SMILES string of the molecule is O=C(NCCCN(C(=O)Nc1cccc(C(F)(F)F)c1)c1ccc(F)cc1)c1ccc(F)cc1. The maximum Gasteiger partial charge on any atom is 0.416 e. The Morgan fingerprint density at radius 3 is 2.09 bits per heavy atom. The predicted octanol–water partition coefficient (Wildman–Crippen LogP) is 5.84. The van der Waals surface area contributed by atoms with Gasteiger partial charge in [-0.05, 0) is 73.2 Å². The lowest BCUT2D eigenvalue weighted by atomic mass is 10.2. The normalized spacial score (nSPS) is 11.1. The van der Waals surface area contributed by atoms with Crippen LogP contribution in [0, 0.1) is 11.6 Å². The molecule has 0 heterocycles. The minimum absolute atomic E-state index is 0.0588. The third-order valence-electron chi connectivity index (χ3n) is 4.78. The molecule has 3 amide bonds. The number of nitrogens with one attached hydrogen (secondary N) is 2. The van der Waals surface area contributed by atoms with Gasteiger partial charge in [-0.3, -0.25) is 9.69 Å². The standard InChI is InChI=1S/C24H20F5N3O2/c25-18-7-5-16(6-8-18)22(33)30-13-2-14-32(21-11-9-19(26)10-12-21)23(34)31-20-4-1-3-17(15-20)24(27,28)29/h1,3-12,15H,2,13-14H2,(H,30,33)(H,31,34). The quantitative estimate of drug-likeness (QED) is 0.332. The van der Waals surface area contributed by atoms with E-state index < -0.39 is 35.3 Å². The summed E-state index contributed by atoms with van der Waals surface area (Å²) in [6.07, 6.45) is -4.29. The molecule has 3 rings (SSSR count). The molecule has 0 atom stereocenters. The van der Waals surface area contributed by atoms with Gasteiger partial charge in [-0.1, -0.05) is 6.07 Å². The van der Waals surface area contributed by atoms with Crippen LogP contribution < -0.4 is 15.5 Å². The van der Waals surface area contributed by atoms with Crippen LogP contribution >= 0.6 is 0 Å². The second kappa shape index (κ2) is 10.8. The third-order valence-corrected chi connectivity index (χ3v) is 4.78. The molecule has 2 N–H and O–H groups in total. The van der Waals surface area contributed by atoms with Gasteiger partial charge in [0.1, 0.15) is 11.6 Å². The summed E-state index contributed by atoms with van der Waals surface area (Å²) >= 11 is 0. The van der Waals surface area contributed by atoms with Crippen LogP contribution in [0.5, 0.6) is 0 Å². The summed E-state index contributed by atoms with van der Waals surface area (Å²) in [6.45, 7) is 0.227. The molecule has 0 saturated carbocycles. The van der Waals surface area contributed by atoms with Crippen molar-refractivity contribution in [3.63, 3.8) is 0 Å². The van der Waals surface area contributed by atoms with Crippen molar-refractivity contribution in [2.45, 2.75) is 12.6 Å². The van der Waals surface area contributed by atoms with Gasteiger partial charge in [0, 0.05) is 30.0 Å². The van der Waals surface area contributed by atoms with E-state index in [1.165, 1.54) is 41.3 Å². The van der Waals surface area contributed by atoms with Crippen molar-refractivity contribution >= 4 is 23.3 Å². The lowest BCUT2D eigenvalue weighted by Crippen LogP contribution is -2.37. The molecule has 0 bridgehead atoms. The van der Waals surface area contributed by atoms with E-state index in [-0.39, 0.29) is 30.8 Å². The minimum atomic E-state index is -4.57. The number of urea groups is 1. The van der Waals surface area contributed by atoms with E-state index in [2.05, 4.69) is 10.6 Å². The summed E-state index contributed by atoms with van der Waals surface area (Å²) in [5.41, 5.74) is -0.395. The van der Waals surface area contributed by atoms with Crippen molar-refractivity contribution < 1.29 is 31.5 Å². The Balaban J connectivity index is 1.66. The number of amides is 3. The zero-order valence-corrected chi connectivity index (χ0v) is 17.7. The van der Waals surface area contributed by atoms with E-state index in [4.69, 9.17) is 0 Å². The minimum Gasteiger partial charge on any atom is -0.352 e. The van der Waals surface area contributed by atoms with Gasteiger partial charge < -0.3 is 10.6 Å². The molecule has 0 aliphatic heterocycles. The average Bonchev–Trinajstić information content (AvgIpc) is 2.80. The molecule has 178 valence electrons. The van der Waals surface area contributed by atoms with Crippen molar-refractivity contribution in [1.29, 1.82) is 0 Å². The molecule has 0 saturated heterocycles. The fraction of sp³-hybridized carbons (Fsp3) is 0.167. The number of alkyl halides is 3. The molecule has 0 aliphatic rings. The maximum atomic E-state index is 13.3. The first-order valence-corrected chi connectivity index (χ1v) is 10.2. The molecular weight excluding hydrogens is 457 g/mol. The largest absolute Gasteiger partial charge is 0.416 e. The highest BCUT2D eigenvalue weighted by molar-refractivity contribution is 6.01. The second-order valence-electron chi connectivity index (χ2n) is 7.25. The van der Waals surface area contributed by atoms with E-state index in [9.17, 15) is 31.5 Å². The number of hydrogen-bond donors (Lipinski definition) is 2. The molecular formula is C24H20F5N3O2. The maximum absolute atomic E-state index is 13.3. The molecule has 0 unspecified atom stereocenters. The van der Waals surface area contributed by atoms with Crippen LogP contribution in [-0.4, -0.2) is 25.0 Å². The van der Waals surface area contributed by atoms with Crippen molar-refractivity contribution in [2.24, 2.45) is 0 Å². The average molecular weight is 477 g/mol. The van der Waals surface area contributed by atoms with Crippen molar-refractivity contribution in [3.05, 3.63) is 95.6 Å². The van der Waals surface area contributed by atoms with Gasteiger partial charge in [-0.25, -0.2) is 13.6 Å². The van der Waals surface area contributed by atoms with Crippen LogP contribution in [0.2, 0.25) is 0 Å². The second-order valence-corrected chi connectivity index (χ2v) is 7.25. The number of hydrogen-bond acceptors (Lipinski definition) is 2. The molecule has 34 heavy (non-hydrogen) atoms. The smallest absolute Gasteiger partial charge is 0.352 e. The first-order valence-electron chi connectivity index (χ1n) is 10.2. The van der Waals surface area contributed by atoms with Gasteiger partial charge in [0.25, 0.3) is 5.91 Å². The fourth-order valence-corrected chi connectivity index (χ4v) is 3.08. The lowest BCUT2D eigenvalue weighted by molar-refractivity contribution is -0.137. The van der Waals surface area contributed by atoms with Crippen molar-refractivity contribution in [2.75, 3.05) is 23.3 Å². The Hall–Kier alpha value is -3.95. The Labute approximate surface area is 192 Å². The van der Waals surface area contributed by atoms with Crippen molar-refractivity contribution in [3.8, 4) is 0 Å². The summed E-state index contributed by atoms with van der Waals surface area (Å²) in [5, 5.41) is 5.06. The van der Waals surface area contributed by atoms with Crippen LogP contribution in [-0.2, 0) is 6.18 Å². The van der Waals surface area contributed by atoms with Crippen LogP contribution in [0.25, 0.3) is 0 Å². The van der Waals surface area contributed by atoms with Gasteiger partial charge in [0.15, 0.2) is 0 Å². The number of carbonyl (C=O) groups is 2. The Morgan fingerprint density at radius 2 is 1.47 bits per heavy atom. The molecule has 0 aromatic heterocycles. The Morgan fingerprint density at radius 1 is 0.853 bits per heavy atom. The summed E-state index contributed by atoms with van der Waals surface area (Å²) < 4.78 is 65.2. The van der Waals surface area contributed by atoms with Crippen LogP contribution in [0.1, 0.15) is 22.3 Å². The molecule has 0 aliphatic carbocycles. The number of rotatable bonds is 7. The summed E-state index contributed by atoms with van der Waals surface area (Å²) in [6, 6.07) is 13.5. The zero-order chi connectivity index (χ0) is 24.7. The van der Waals surface area contributed by atoms with Crippen LogP contribution in [0.15, 0.2) is 72.8 Å². The van der Waals surface area contributed by atoms with Gasteiger partial charge in [0.05, 0.1) is 5.56 Å². The lowest BCUT2D eigenvalue weighted by Gasteiger charge is -2.23. The van der Waals surface area contributed by atoms with Gasteiger partial charge in [0.2, 0.25) is 0 Å². The Bertz CT molecular complexity index is 1130. The van der Waals surface area contributed by atoms with Gasteiger partial charge in [-0.15, -0.1) is 0 Å². The molecule has 0 fully saturated rings. The van der Waals surface area contributed by atoms with E-state index in [1.807, 2.05) is 0 Å². The van der Waals surface area contributed by atoms with E-state index >= 15 is 0 Å². The summed E-state index contributed by atoms with van der Waals surface area (Å²) in [7, 11) is 0. The first kappa shape index (κ1) is 24.7. The van der Waals surface area contributed by atoms with E-state index in [1.54, 1.807) is 0 Å². The summed E-state index contributed by atoms with van der Waals surface area (Å²) in [4.78, 5) is 26.2. The number of carbonyl (C=O) groups excluding carboxylic acids is 2.